The molecule has 0 aromatic carbocycles. The van der Waals surface area contributed by atoms with Crippen LogP contribution in [0.2, 0.25) is 0 Å². The summed E-state index contributed by atoms with van der Waals surface area (Å²) < 4.78 is 0. The second kappa shape index (κ2) is 7.49. The van der Waals surface area contributed by atoms with Crippen LogP contribution in [0.25, 0.3) is 0 Å². The van der Waals surface area contributed by atoms with Crippen molar-refractivity contribution in [3.8, 4) is 0 Å². The van der Waals surface area contributed by atoms with Gasteiger partial charge in [-0.1, -0.05) is 13.3 Å². The summed E-state index contributed by atoms with van der Waals surface area (Å²) in [4.78, 5) is 11.6. The Kier molecular flexibility index (Phi) is 7.13. The first-order chi connectivity index (χ1) is 7.41. The van der Waals surface area contributed by atoms with E-state index in [-0.39, 0.29) is 24.2 Å². The standard InChI is InChI=1S/C12H26N2O2/c1-5-8-12(3,4)14-11(16)13-10(2)7-6-9-15/h10,15H,5-9H2,1-4H3,(H2,13,14,16). The molecule has 0 fully saturated rings. The van der Waals surface area contributed by atoms with Crippen LogP contribution >= 0.6 is 0 Å². The molecule has 16 heavy (non-hydrogen) atoms. The Morgan fingerprint density at radius 2 is 2.06 bits per heavy atom. The zero-order valence-electron chi connectivity index (χ0n) is 11.0. The molecular weight excluding hydrogens is 204 g/mol. The summed E-state index contributed by atoms with van der Waals surface area (Å²) in [5, 5.41) is 14.5. The van der Waals surface area contributed by atoms with Gasteiger partial charge >= 0.3 is 6.03 Å². The average Bonchev–Trinajstić information content (AvgIpc) is 2.13. The molecule has 1 atom stereocenters. The number of nitrogens with one attached hydrogen (secondary N) is 2. The monoisotopic (exact) mass is 230 g/mol. The lowest BCUT2D eigenvalue weighted by atomic mass is 9.99. The van der Waals surface area contributed by atoms with E-state index in [2.05, 4.69) is 17.6 Å². The third-order valence-electron chi connectivity index (χ3n) is 2.50. The number of urea groups is 1. The first-order valence-electron chi connectivity index (χ1n) is 6.11. The van der Waals surface area contributed by atoms with E-state index in [0.717, 1.165) is 25.7 Å². The lowest BCUT2D eigenvalue weighted by Crippen LogP contribution is -2.50. The Labute approximate surface area is 98.8 Å². The van der Waals surface area contributed by atoms with Crippen molar-refractivity contribution in [3.63, 3.8) is 0 Å². The van der Waals surface area contributed by atoms with Crippen molar-refractivity contribution >= 4 is 6.03 Å². The second-order valence-corrected chi connectivity index (χ2v) is 5.00. The molecule has 0 rings (SSSR count). The molecule has 4 heteroatoms. The number of aliphatic hydroxyl groups excluding tert-OH is 1. The molecule has 2 amide bonds. The molecular formula is C12H26N2O2. The maximum atomic E-state index is 11.6. The van der Waals surface area contributed by atoms with E-state index in [1.165, 1.54) is 0 Å². The Hall–Kier alpha value is -0.770. The highest BCUT2D eigenvalue weighted by Gasteiger charge is 2.19. The summed E-state index contributed by atoms with van der Waals surface area (Å²) in [6, 6.07) is -0.0199. The van der Waals surface area contributed by atoms with E-state index in [0.29, 0.717) is 0 Å². The quantitative estimate of drug-likeness (QED) is 0.626. The lowest BCUT2D eigenvalue weighted by molar-refractivity contribution is 0.222. The molecule has 0 spiro atoms. The predicted molar refractivity (Wildman–Crippen MR) is 66.4 cm³/mol. The van der Waals surface area contributed by atoms with Crippen LogP contribution in [0.3, 0.4) is 0 Å². The van der Waals surface area contributed by atoms with Gasteiger partial charge < -0.3 is 15.7 Å². The Bertz CT molecular complexity index is 205. The van der Waals surface area contributed by atoms with E-state index < -0.39 is 0 Å². The largest absolute Gasteiger partial charge is 0.396 e. The maximum absolute atomic E-state index is 11.6. The molecule has 0 aliphatic carbocycles. The maximum Gasteiger partial charge on any atom is 0.315 e. The fraction of sp³-hybridized carbons (Fsp3) is 0.917. The third-order valence-corrected chi connectivity index (χ3v) is 2.50. The Morgan fingerprint density at radius 3 is 2.56 bits per heavy atom. The number of carbonyl (C=O) groups is 1. The zero-order valence-corrected chi connectivity index (χ0v) is 11.0. The van der Waals surface area contributed by atoms with Gasteiger partial charge in [0, 0.05) is 18.2 Å². The smallest absolute Gasteiger partial charge is 0.315 e. The summed E-state index contributed by atoms with van der Waals surface area (Å²) in [7, 11) is 0. The molecule has 3 N–H and O–H groups in total. The van der Waals surface area contributed by atoms with Gasteiger partial charge in [-0.25, -0.2) is 4.79 Å². The SMILES string of the molecule is CCCC(C)(C)NC(=O)NC(C)CCCO. The fourth-order valence-electron chi connectivity index (χ4n) is 1.72. The van der Waals surface area contributed by atoms with Crippen molar-refractivity contribution in [1.29, 1.82) is 0 Å². The van der Waals surface area contributed by atoms with Crippen LogP contribution in [0.1, 0.15) is 53.4 Å². The van der Waals surface area contributed by atoms with Crippen molar-refractivity contribution in [2.75, 3.05) is 6.61 Å². The van der Waals surface area contributed by atoms with Crippen LogP contribution in [0.4, 0.5) is 4.79 Å². The number of hydrogen-bond acceptors (Lipinski definition) is 2. The first-order valence-corrected chi connectivity index (χ1v) is 6.11. The van der Waals surface area contributed by atoms with Gasteiger partial charge in [0.15, 0.2) is 0 Å². The van der Waals surface area contributed by atoms with Crippen molar-refractivity contribution in [1.82, 2.24) is 10.6 Å². The van der Waals surface area contributed by atoms with Crippen LogP contribution in [-0.4, -0.2) is 29.3 Å². The van der Waals surface area contributed by atoms with Crippen LogP contribution in [0.15, 0.2) is 0 Å². The molecule has 0 saturated carbocycles. The van der Waals surface area contributed by atoms with Gasteiger partial charge in [0.2, 0.25) is 0 Å². The topological polar surface area (TPSA) is 61.4 Å². The van der Waals surface area contributed by atoms with Gasteiger partial charge in [-0.05, 0) is 40.0 Å². The molecule has 0 heterocycles. The molecule has 96 valence electrons. The predicted octanol–water partition coefficient (Wildman–Crippen LogP) is 2.03. The third kappa shape index (κ3) is 7.51. The van der Waals surface area contributed by atoms with Gasteiger partial charge in [-0.3, -0.25) is 0 Å². The highest BCUT2D eigenvalue weighted by molar-refractivity contribution is 5.74. The highest BCUT2D eigenvalue weighted by Crippen LogP contribution is 2.10. The molecule has 0 aliphatic heterocycles. The number of aliphatic hydroxyl groups is 1. The van der Waals surface area contributed by atoms with E-state index >= 15 is 0 Å². The molecule has 4 nitrogen and oxygen atoms in total. The van der Waals surface area contributed by atoms with Gasteiger partial charge in [0.1, 0.15) is 0 Å². The van der Waals surface area contributed by atoms with Gasteiger partial charge in [0.25, 0.3) is 0 Å². The van der Waals surface area contributed by atoms with E-state index in [4.69, 9.17) is 5.11 Å². The van der Waals surface area contributed by atoms with Crippen LogP contribution in [-0.2, 0) is 0 Å². The number of rotatable bonds is 7. The molecule has 0 aliphatic rings. The normalized spacial score (nSPS) is 13.3. The van der Waals surface area contributed by atoms with Crippen molar-refractivity contribution in [2.24, 2.45) is 0 Å². The Balaban J connectivity index is 3.88. The van der Waals surface area contributed by atoms with Crippen molar-refractivity contribution in [3.05, 3.63) is 0 Å². The summed E-state index contributed by atoms with van der Waals surface area (Å²) in [6.07, 6.45) is 3.54. The fourth-order valence-corrected chi connectivity index (χ4v) is 1.72. The molecule has 0 bridgehead atoms. The van der Waals surface area contributed by atoms with Gasteiger partial charge in [-0.2, -0.15) is 0 Å². The van der Waals surface area contributed by atoms with Gasteiger partial charge in [-0.15, -0.1) is 0 Å². The summed E-state index contributed by atoms with van der Waals surface area (Å²) in [5.74, 6) is 0. The molecule has 1 unspecified atom stereocenters. The summed E-state index contributed by atoms with van der Waals surface area (Å²) in [6.45, 7) is 8.27. The van der Waals surface area contributed by atoms with Crippen molar-refractivity contribution < 1.29 is 9.90 Å². The second-order valence-electron chi connectivity index (χ2n) is 5.00. The van der Waals surface area contributed by atoms with Crippen LogP contribution < -0.4 is 10.6 Å². The lowest BCUT2D eigenvalue weighted by Gasteiger charge is -2.27. The first kappa shape index (κ1) is 15.2. The van der Waals surface area contributed by atoms with Crippen molar-refractivity contribution in [2.45, 2.75) is 65.0 Å². The summed E-state index contributed by atoms with van der Waals surface area (Å²) in [5.41, 5.74) is -0.157. The zero-order chi connectivity index (χ0) is 12.6. The number of hydrogen-bond donors (Lipinski definition) is 3. The van der Waals surface area contributed by atoms with Crippen LogP contribution in [0.5, 0.6) is 0 Å². The minimum atomic E-state index is -0.157. The van der Waals surface area contributed by atoms with Gasteiger partial charge in [0.05, 0.1) is 0 Å². The molecule has 0 aromatic rings. The minimum Gasteiger partial charge on any atom is -0.396 e. The molecule has 0 saturated heterocycles. The molecule has 0 aromatic heterocycles. The van der Waals surface area contributed by atoms with E-state index in [1.54, 1.807) is 0 Å². The minimum absolute atomic E-state index is 0.101. The number of carbonyl (C=O) groups excluding carboxylic acids is 1. The Morgan fingerprint density at radius 1 is 1.44 bits per heavy atom. The van der Waals surface area contributed by atoms with Crippen LogP contribution in [0, 0.1) is 0 Å². The average molecular weight is 230 g/mol. The molecule has 0 radical (unpaired) electrons. The highest BCUT2D eigenvalue weighted by atomic mass is 16.3. The van der Waals surface area contributed by atoms with E-state index in [1.807, 2.05) is 20.8 Å². The number of amides is 2. The summed E-state index contributed by atoms with van der Waals surface area (Å²) >= 11 is 0. The van der Waals surface area contributed by atoms with E-state index in [9.17, 15) is 4.79 Å².